The maximum atomic E-state index is 13.2. The van der Waals surface area contributed by atoms with Crippen molar-refractivity contribution < 1.29 is 13.9 Å². The predicted octanol–water partition coefficient (Wildman–Crippen LogP) is 5.21. The van der Waals surface area contributed by atoms with Crippen LogP contribution in [0.1, 0.15) is 18.1 Å². The van der Waals surface area contributed by atoms with Crippen molar-refractivity contribution in [1.29, 1.82) is 0 Å². The minimum atomic E-state index is -0.282. The summed E-state index contributed by atoms with van der Waals surface area (Å²) in [4.78, 5) is 12.8. The van der Waals surface area contributed by atoms with Crippen molar-refractivity contribution in [3.8, 4) is 5.75 Å². The molecular weight excluding hydrogens is 367 g/mol. The van der Waals surface area contributed by atoms with E-state index in [9.17, 15) is 9.18 Å². The number of anilines is 1. The fourth-order valence-corrected chi connectivity index (χ4v) is 3.05. The Morgan fingerprint density at radius 1 is 1.00 bits per heavy atom. The summed E-state index contributed by atoms with van der Waals surface area (Å²) >= 11 is 0. The van der Waals surface area contributed by atoms with E-state index in [-0.39, 0.29) is 18.3 Å². The van der Waals surface area contributed by atoms with Crippen molar-refractivity contribution in [3.63, 3.8) is 0 Å². The fraction of sp³-hybridized carbons (Fsp3) is 0.0833. The third-order valence-electron chi connectivity index (χ3n) is 4.55. The van der Waals surface area contributed by atoms with Gasteiger partial charge in [-0.15, -0.1) is 0 Å². The Morgan fingerprint density at radius 3 is 2.48 bits per heavy atom. The highest BCUT2D eigenvalue weighted by molar-refractivity contribution is 6.32. The Morgan fingerprint density at radius 2 is 1.76 bits per heavy atom. The zero-order valence-electron chi connectivity index (χ0n) is 15.9. The zero-order valence-corrected chi connectivity index (χ0v) is 15.9. The molecule has 0 bridgehead atoms. The first-order chi connectivity index (χ1) is 14.1. The quantitative estimate of drug-likeness (QED) is 0.565. The van der Waals surface area contributed by atoms with Crippen LogP contribution in [0.5, 0.6) is 5.75 Å². The van der Waals surface area contributed by atoms with Crippen molar-refractivity contribution in [3.05, 3.63) is 101 Å². The molecule has 4 rings (SSSR count). The van der Waals surface area contributed by atoms with Crippen LogP contribution in [0.15, 0.2) is 89.5 Å². The molecule has 3 aromatic rings. The topological polar surface area (TPSA) is 41.9 Å². The van der Waals surface area contributed by atoms with Gasteiger partial charge in [-0.05, 0) is 60.5 Å². The number of amides is 1. The SMILES string of the molecule is CC1=NN(c2ccccc2)C(=O)/C1=C/c1ccc(OCc2cccc(F)c2)cc1. The molecule has 0 unspecified atom stereocenters. The van der Waals surface area contributed by atoms with Gasteiger partial charge < -0.3 is 4.74 Å². The number of benzene rings is 3. The van der Waals surface area contributed by atoms with E-state index in [0.717, 1.165) is 16.8 Å². The van der Waals surface area contributed by atoms with E-state index in [1.54, 1.807) is 6.07 Å². The summed E-state index contributed by atoms with van der Waals surface area (Å²) in [6.45, 7) is 2.11. The smallest absolute Gasteiger partial charge is 0.280 e. The summed E-state index contributed by atoms with van der Waals surface area (Å²) in [5, 5.41) is 5.80. The predicted molar refractivity (Wildman–Crippen MR) is 112 cm³/mol. The van der Waals surface area contributed by atoms with Gasteiger partial charge in [-0.2, -0.15) is 10.1 Å². The normalized spacial score (nSPS) is 15.0. The van der Waals surface area contributed by atoms with Gasteiger partial charge in [0.15, 0.2) is 0 Å². The van der Waals surface area contributed by atoms with Gasteiger partial charge in [0.1, 0.15) is 18.2 Å². The Labute approximate surface area is 168 Å². The van der Waals surface area contributed by atoms with E-state index in [1.807, 2.05) is 73.7 Å². The van der Waals surface area contributed by atoms with Gasteiger partial charge in [0.05, 0.1) is 17.0 Å². The number of nitrogens with zero attached hydrogens (tertiary/aromatic N) is 2. The molecule has 0 N–H and O–H groups in total. The molecule has 0 spiro atoms. The molecule has 0 atom stereocenters. The van der Waals surface area contributed by atoms with E-state index in [0.29, 0.717) is 17.0 Å². The lowest BCUT2D eigenvalue weighted by atomic mass is 10.1. The number of hydrogen-bond donors (Lipinski definition) is 0. The van der Waals surface area contributed by atoms with E-state index >= 15 is 0 Å². The highest BCUT2D eigenvalue weighted by atomic mass is 19.1. The summed E-state index contributed by atoms with van der Waals surface area (Å²) in [5.74, 6) is 0.237. The largest absolute Gasteiger partial charge is 0.489 e. The van der Waals surface area contributed by atoms with Gasteiger partial charge in [-0.3, -0.25) is 4.79 Å². The van der Waals surface area contributed by atoms with Gasteiger partial charge in [0.2, 0.25) is 0 Å². The first kappa shape index (κ1) is 18.6. The van der Waals surface area contributed by atoms with Crippen LogP contribution in [0.4, 0.5) is 10.1 Å². The minimum Gasteiger partial charge on any atom is -0.489 e. The molecule has 144 valence electrons. The van der Waals surface area contributed by atoms with Crippen LogP contribution in [-0.2, 0) is 11.4 Å². The second-order valence-electron chi connectivity index (χ2n) is 6.68. The van der Waals surface area contributed by atoms with Crippen molar-refractivity contribution in [2.45, 2.75) is 13.5 Å². The Kier molecular flexibility index (Phi) is 5.20. The van der Waals surface area contributed by atoms with Crippen molar-refractivity contribution in [1.82, 2.24) is 0 Å². The van der Waals surface area contributed by atoms with Crippen molar-refractivity contribution >= 4 is 23.4 Å². The highest BCUT2D eigenvalue weighted by Crippen LogP contribution is 2.25. The maximum absolute atomic E-state index is 13.2. The molecule has 1 amide bonds. The monoisotopic (exact) mass is 386 g/mol. The van der Waals surface area contributed by atoms with Crippen LogP contribution in [-0.4, -0.2) is 11.6 Å². The fourth-order valence-electron chi connectivity index (χ4n) is 3.05. The number of halogens is 1. The number of para-hydroxylation sites is 1. The van der Waals surface area contributed by atoms with Crippen LogP contribution in [0, 0.1) is 5.82 Å². The number of rotatable bonds is 5. The lowest BCUT2D eigenvalue weighted by Gasteiger charge is -2.11. The van der Waals surface area contributed by atoms with E-state index in [1.165, 1.54) is 17.1 Å². The number of hydrazone groups is 1. The van der Waals surface area contributed by atoms with Gasteiger partial charge in [-0.25, -0.2) is 4.39 Å². The molecule has 1 aliphatic heterocycles. The molecule has 4 nitrogen and oxygen atoms in total. The van der Waals surface area contributed by atoms with Crippen LogP contribution in [0.25, 0.3) is 6.08 Å². The molecule has 29 heavy (non-hydrogen) atoms. The molecule has 0 aliphatic carbocycles. The summed E-state index contributed by atoms with van der Waals surface area (Å²) in [6, 6.07) is 23.1. The molecule has 0 fully saturated rings. The van der Waals surface area contributed by atoms with Gasteiger partial charge in [0, 0.05) is 0 Å². The molecule has 5 heteroatoms. The van der Waals surface area contributed by atoms with Crippen LogP contribution in [0.3, 0.4) is 0 Å². The zero-order chi connectivity index (χ0) is 20.2. The molecule has 0 aromatic heterocycles. The lowest BCUT2D eigenvalue weighted by molar-refractivity contribution is -0.114. The molecule has 0 saturated carbocycles. The number of carbonyl (C=O) groups excluding carboxylic acids is 1. The first-order valence-electron chi connectivity index (χ1n) is 9.24. The Hall–Kier alpha value is -3.73. The summed E-state index contributed by atoms with van der Waals surface area (Å²) in [5.41, 5.74) is 3.60. The Bertz CT molecular complexity index is 1090. The first-order valence-corrected chi connectivity index (χ1v) is 9.24. The third kappa shape index (κ3) is 4.24. The van der Waals surface area contributed by atoms with Gasteiger partial charge in [-0.1, -0.05) is 42.5 Å². The summed E-state index contributed by atoms with van der Waals surface area (Å²) < 4.78 is 18.9. The Balaban J connectivity index is 1.46. The molecule has 3 aromatic carbocycles. The summed E-state index contributed by atoms with van der Waals surface area (Å²) in [6.07, 6.45) is 1.82. The number of carbonyl (C=O) groups is 1. The minimum absolute atomic E-state index is 0.153. The molecule has 1 aliphatic rings. The van der Waals surface area contributed by atoms with E-state index in [2.05, 4.69) is 5.10 Å². The van der Waals surface area contributed by atoms with E-state index in [4.69, 9.17) is 4.74 Å². The van der Waals surface area contributed by atoms with Crippen molar-refractivity contribution in [2.24, 2.45) is 5.10 Å². The van der Waals surface area contributed by atoms with Crippen LogP contribution in [0.2, 0.25) is 0 Å². The standard InChI is InChI=1S/C24H19FN2O2/c1-17-23(24(28)27(26-17)21-8-3-2-4-9-21)15-18-10-12-22(13-11-18)29-16-19-6-5-7-20(25)14-19/h2-15H,16H2,1H3/b23-15+. The van der Waals surface area contributed by atoms with Gasteiger partial charge in [0.25, 0.3) is 5.91 Å². The highest BCUT2D eigenvalue weighted by Gasteiger charge is 2.28. The van der Waals surface area contributed by atoms with Gasteiger partial charge >= 0.3 is 0 Å². The number of hydrogen-bond acceptors (Lipinski definition) is 3. The lowest BCUT2D eigenvalue weighted by Crippen LogP contribution is -2.21. The average molecular weight is 386 g/mol. The second-order valence-corrected chi connectivity index (χ2v) is 6.68. The molecule has 1 heterocycles. The number of ether oxygens (including phenoxy) is 1. The van der Waals surface area contributed by atoms with Crippen LogP contribution < -0.4 is 9.75 Å². The average Bonchev–Trinajstić information content (AvgIpc) is 3.02. The van der Waals surface area contributed by atoms with E-state index < -0.39 is 0 Å². The third-order valence-corrected chi connectivity index (χ3v) is 4.55. The molecule has 0 saturated heterocycles. The molecule has 0 radical (unpaired) electrons. The van der Waals surface area contributed by atoms with Crippen molar-refractivity contribution in [2.75, 3.05) is 5.01 Å². The maximum Gasteiger partial charge on any atom is 0.280 e. The summed E-state index contributed by atoms with van der Waals surface area (Å²) in [7, 11) is 0. The second kappa shape index (κ2) is 8.10. The molecular formula is C24H19FN2O2. The van der Waals surface area contributed by atoms with Crippen LogP contribution >= 0.6 is 0 Å².